The molecule has 196 valence electrons. The van der Waals surface area contributed by atoms with Crippen molar-refractivity contribution in [2.75, 3.05) is 26.3 Å². The van der Waals surface area contributed by atoms with Crippen molar-refractivity contribution in [1.82, 2.24) is 9.80 Å². The van der Waals surface area contributed by atoms with Crippen LogP contribution in [0.25, 0.3) is 0 Å². The summed E-state index contributed by atoms with van der Waals surface area (Å²) in [5.74, 6) is -2.53. The average molecular weight is 556 g/mol. The summed E-state index contributed by atoms with van der Waals surface area (Å²) in [7, 11) is 0. The Morgan fingerprint density at radius 2 is 2.00 bits per heavy atom. The van der Waals surface area contributed by atoms with Crippen LogP contribution in [0, 0.1) is 11.8 Å². The van der Waals surface area contributed by atoms with Gasteiger partial charge in [-0.2, -0.15) is 0 Å². The lowest BCUT2D eigenvalue weighted by Crippen LogP contribution is -2.60. The molecule has 8 nitrogen and oxygen atoms in total. The van der Waals surface area contributed by atoms with Crippen molar-refractivity contribution < 1.29 is 29.0 Å². The van der Waals surface area contributed by atoms with Crippen LogP contribution in [0.4, 0.5) is 0 Å². The van der Waals surface area contributed by atoms with Crippen molar-refractivity contribution in [3.8, 4) is 0 Å². The lowest BCUT2D eigenvalue weighted by atomic mass is 9.70. The Hall–Kier alpha value is -1.71. The van der Waals surface area contributed by atoms with Gasteiger partial charge in [-0.3, -0.25) is 14.4 Å². The van der Waals surface area contributed by atoms with Crippen molar-refractivity contribution in [3.05, 3.63) is 25.3 Å². The van der Waals surface area contributed by atoms with Crippen molar-refractivity contribution in [2.45, 2.75) is 81.0 Å². The highest BCUT2D eigenvalue weighted by atomic mass is 79.9. The number of unbranched alkanes of at least 4 members (excludes halogenated alkanes) is 2. The minimum Gasteiger partial charge on any atom is -0.465 e. The smallest absolute Gasteiger partial charge is 0.312 e. The molecule has 35 heavy (non-hydrogen) atoms. The highest BCUT2D eigenvalue weighted by Crippen LogP contribution is 2.60. The molecule has 3 rings (SSSR count). The van der Waals surface area contributed by atoms with Crippen LogP contribution in [0.2, 0.25) is 0 Å². The zero-order chi connectivity index (χ0) is 26.0. The number of alkyl halides is 1. The fourth-order valence-electron chi connectivity index (χ4n) is 5.79. The topological polar surface area (TPSA) is 96.4 Å². The first kappa shape index (κ1) is 27.9. The van der Waals surface area contributed by atoms with Crippen LogP contribution in [-0.4, -0.2) is 87.1 Å². The van der Waals surface area contributed by atoms with E-state index in [2.05, 4.69) is 29.1 Å². The molecule has 0 radical (unpaired) electrons. The van der Waals surface area contributed by atoms with Crippen molar-refractivity contribution >= 4 is 33.7 Å². The molecule has 3 saturated heterocycles. The number of hydrogen-bond acceptors (Lipinski definition) is 6. The van der Waals surface area contributed by atoms with Gasteiger partial charge in [-0.1, -0.05) is 28.1 Å². The summed E-state index contributed by atoms with van der Waals surface area (Å²) in [6.45, 7) is 14.0. The third kappa shape index (κ3) is 5.09. The number of ether oxygens (including phenoxy) is 2. The fraction of sp³-hybridized carbons (Fsp3) is 0.731. The molecule has 2 bridgehead atoms. The molecule has 9 heteroatoms. The molecule has 3 heterocycles. The number of nitrogens with zero attached hydrogens (tertiary/aromatic N) is 2. The van der Waals surface area contributed by atoms with Crippen molar-refractivity contribution in [2.24, 2.45) is 11.8 Å². The molecule has 0 aliphatic carbocycles. The standard InChI is InChI=1S/C26H39BrN2O6/c1-6-8-9-10-15-34-24(33)18-19-22(31)28(13-11-14-30)21(26(19)16-17(27)20(18)35-26)23(32)29(12-7-2)25(3,4)5/h6-7,17-21,30H,1-2,8-16H2,3-5H3/t17?,18-,19+,20-,21?,26?/m1/s1. The summed E-state index contributed by atoms with van der Waals surface area (Å²) in [5, 5.41) is 9.47. The number of halogens is 1. The molecule has 3 aliphatic rings. The van der Waals surface area contributed by atoms with Gasteiger partial charge in [-0.15, -0.1) is 13.2 Å². The van der Waals surface area contributed by atoms with Crippen LogP contribution in [0.15, 0.2) is 25.3 Å². The van der Waals surface area contributed by atoms with Gasteiger partial charge in [0.25, 0.3) is 0 Å². The van der Waals surface area contributed by atoms with Gasteiger partial charge in [0.05, 0.1) is 24.5 Å². The van der Waals surface area contributed by atoms with Gasteiger partial charge in [0.1, 0.15) is 11.6 Å². The van der Waals surface area contributed by atoms with E-state index in [0.717, 1.165) is 12.8 Å². The van der Waals surface area contributed by atoms with Crippen LogP contribution >= 0.6 is 15.9 Å². The number of carbonyl (C=O) groups excluding carboxylic acids is 3. The highest BCUT2D eigenvalue weighted by molar-refractivity contribution is 9.09. The minimum atomic E-state index is -1.13. The van der Waals surface area contributed by atoms with Gasteiger partial charge in [0.15, 0.2) is 0 Å². The first-order valence-corrected chi connectivity index (χ1v) is 13.4. The van der Waals surface area contributed by atoms with Gasteiger partial charge in [0.2, 0.25) is 11.8 Å². The van der Waals surface area contributed by atoms with Gasteiger partial charge in [-0.05, 0) is 52.9 Å². The molecule has 3 fully saturated rings. The molecule has 0 saturated carbocycles. The van der Waals surface area contributed by atoms with E-state index in [1.54, 1.807) is 11.0 Å². The maximum atomic E-state index is 14.1. The van der Waals surface area contributed by atoms with Gasteiger partial charge in [-0.25, -0.2) is 0 Å². The van der Waals surface area contributed by atoms with Crippen LogP contribution in [0.5, 0.6) is 0 Å². The third-order valence-electron chi connectivity index (χ3n) is 7.29. The highest BCUT2D eigenvalue weighted by Gasteiger charge is 2.77. The molecule has 6 atom stereocenters. The zero-order valence-electron chi connectivity index (χ0n) is 21.1. The Labute approximate surface area is 216 Å². The maximum Gasteiger partial charge on any atom is 0.312 e. The van der Waals surface area contributed by atoms with E-state index in [9.17, 15) is 19.5 Å². The average Bonchev–Trinajstić information content (AvgIpc) is 3.38. The number of hydrogen-bond donors (Lipinski definition) is 1. The van der Waals surface area contributed by atoms with Crippen LogP contribution in [-0.2, 0) is 23.9 Å². The SMILES string of the molecule is C=CCCCCOC(=O)[C@H]1[C@@H]2OC3(CC2Br)C(C(=O)N(CC=C)C(C)(C)C)N(CCCO)C(=O)[C@H]13. The number of aliphatic hydroxyl groups is 1. The summed E-state index contributed by atoms with van der Waals surface area (Å²) in [6, 6.07) is -0.888. The number of esters is 1. The molecule has 2 amide bonds. The number of amides is 2. The van der Waals surface area contributed by atoms with Gasteiger partial charge < -0.3 is 24.4 Å². The molecule has 0 aromatic carbocycles. The largest absolute Gasteiger partial charge is 0.465 e. The second kappa shape index (κ2) is 11.1. The monoisotopic (exact) mass is 554 g/mol. The predicted molar refractivity (Wildman–Crippen MR) is 136 cm³/mol. The molecule has 3 unspecified atom stereocenters. The summed E-state index contributed by atoms with van der Waals surface area (Å²) < 4.78 is 12.1. The van der Waals surface area contributed by atoms with Crippen LogP contribution in [0.3, 0.4) is 0 Å². The first-order chi connectivity index (χ1) is 16.5. The summed E-state index contributed by atoms with van der Waals surface area (Å²) in [5.41, 5.74) is -1.64. The van der Waals surface area contributed by atoms with E-state index >= 15 is 0 Å². The summed E-state index contributed by atoms with van der Waals surface area (Å²) >= 11 is 3.66. The third-order valence-corrected chi connectivity index (χ3v) is 8.13. The number of fused-ring (bicyclic) bond motifs is 1. The molecule has 0 aromatic heterocycles. The predicted octanol–water partition coefficient (Wildman–Crippen LogP) is 2.83. The van der Waals surface area contributed by atoms with E-state index in [-0.39, 0.29) is 36.4 Å². The molecule has 1 spiro atoms. The molecule has 0 aromatic rings. The first-order valence-electron chi connectivity index (χ1n) is 12.5. The Bertz CT molecular complexity index is 842. The number of carbonyl (C=O) groups is 3. The molecule has 3 aliphatic heterocycles. The second-order valence-corrected chi connectivity index (χ2v) is 11.8. The lowest BCUT2D eigenvalue weighted by molar-refractivity contribution is -0.155. The Balaban J connectivity index is 1.95. The minimum absolute atomic E-state index is 0.112. The number of rotatable bonds is 12. The van der Waals surface area contributed by atoms with E-state index in [1.807, 2.05) is 26.8 Å². The summed E-state index contributed by atoms with van der Waals surface area (Å²) in [4.78, 5) is 44.2. The van der Waals surface area contributed by atoms with E-state index in [0.29, 0.717) is 25.8 Å². The molecule has 1 N–H and O–H groups in total. The summed E-state index contributed by atoms with van der Waals surface area (Å²) in [6.07, 6.45) is 6.15. The maximum absolute atomic E-state index is 14.1. The zero-order valence-corrected chi connectivity index (χ0v) is 22.7. The van der Waals surface area contributed by atoms with Crippen molar-refractivity contribution in [1.29, 1.82) is 0 Å². The van der Waals surface area contributed by atoms with E-state index in [1.165, 1.54) is 4.90 Å². The van der Waals surface area contributed by atoms with E-state index < -0.39 is 41.1 Å². The Morgan fingerprint density at radius 1 is 1.29 bits per heavy atom. The second-order valence-electron chi connectivity index (χ2n) is 10.6. The molecular weight excluding hydrogens is 516 g/mol. The van der Waals surface area contributed by atoms with Gasteiger partial charge in [0, 0.05) is 30.1 Å². The van der Waals surface area contributed by atoms with E-state index in [4.69, 9.17) is 9.47 Å². The quantitative estimate of drug-likeness (QED) is 0.172. The lowest BCUT2D eigenvalue weighted by Gasteiger charge is -2.42. The number of allylic oxidation sites excluding steroid dienone is 1. The van der Waals surface area contributed by atoms with Gasteiger partial charge >= 0.3 is 5.97 Å². The molecular formula is C26H39BrN2O6. The van der Waals surface area contributed by atoms with Crippen molar-refractivity contribution in [3.63, 3.8) is 0 Å². The van der Waals surface area contributed by atoms with Crippen LogP contribution in [0.1, 0.15) is 52.9 Å². The number of aliphatic hydroxyl groups excluding tert-OH is 1. The Kier molecular flexibility index (Phi) is 8.86. The number of likely N-dealkylation sites (tertiary alicyclic amines) is 1. The normalized spacial score (nSPS) is 31.4. The Morgan fingerprint density at radius 3 is 2.60 bits per heavy atom. The van der Waals surface area contributed by atoms with Crippen LogP contribution < -0.4 is 0 Å². The fourth-order valence-corrected chi connectivity index (χ4v) is 6.73.